The summed E-state index contributed by atoms with van der Waals surface area (Å²) in [6.07, 6.45) is 1.03. The number of ether oxygens (including phenoxy) is 2. The van der Waals surface area contributed by atoms with Crippen molar-refractivity contribution in [1.82, 2.24) is 0 Å². The average Bonchev–Trinajstić information content (AvgIpc) is 2.17. The molecule has 0 aromatic carbocycles. The molecule has 1 saturated heterocycles. The highest BCUT2D eigenvalue weighted by molar-refractivity contribution is 6.63. The molecule has 1 fully saturated rings. The maximum Gasteiger partial charge on any atom is 0.312 e. The van der Waals surface area contributed by atoms with Gasteiger partial charge in [-0.05, 0) is 24.4 Å². The van der Waals surface area contributed by atoms with Crippen LogP contribution in [0.15, 0.2) is 0 Å². The quantitative estimate of drug-likeness (QED) is 0.528. The van der Waals surface area contributed by atoms with Crippen molar-refractivity contribution >= 4 is 22.8 Å². The summed E-state index contributed by atoms with van der Waals surface area (Å²) in [6.45, 7) is 0.943. The van der Waals surface area contributed by atoms with Gasteiger partial charge in [-0.3, -0.25) is 9.59 Å². The second-order valence-electron chi connectivity index (χ2n) is 3.42. The molecule has 0 unspecified atom stereocenters. The van der Waals surface area contributed by atoms with Gasteiger partial charge < -0.3 is 9.47 Å². The van der Waals surface area contributed by atoms with E-state index in [2.05, 4.69) is 4.74 Å². The summed E-state index contributed by atoms with van der Waals surface area (Å²) in [5, 5.41) is -0.502. The van der Waals surface area contributed by atoms with Crippen molar-refractivity contribution in [2.75, 3.05) is 20.3 Å². The minimum absolute atomic E-state index is 0.0323. The molecule has 1 heterocycles. The zero-order chi connectivity index (χ0) is 10.6. The summed E-state index contributed by atoms with van der Waals surface area (Å²) in [4.78, 5) is 22.4. The van der Waals surface area contributed by atoms with E-state index in [1.54, 1.807) is 0 Å². The molecule has 0 atom stereocenters. The van der Waals surface area contributed by atoms with Crippen LogP contribution in [0.25, 0.3) is 0 Å². The highest BCUT2D eigenvalue weighted by Gasteiger charge is 2.42. The van der Waals surface area contributed by atoms with Gasteiger partial charge in [0.25, 0.3) is 0 Å². The Morgan fingerprint density at radius 1 is 1.43 bits per heavy atom. The van der Waals surface area contributed by atoms with Gasteiger partial charge in [0.05, 0.1) is 12.5 Å². The van der Waals surface area contributed by atoms with E-state index in [4.69, 9.17) is 16.3 Å². The number of esters is 1. The maximum atomic E-state index is 11.5. The summed E-state index contributed by atoms with van der Waals surface area (Å²) in [6, 6.07) is 0. The summed E-state index contributed by atoms with van der Waals surface area (Å²) >= 11 is 5.31. The van der Waals surface area contributed by atoms with Crippen molar-refractivity contribution < 1.29 is 19.1 Å². The lowest BCUT2D eigenvalue weighted by Gasteiger charge is -2.33. The zero-order valence-electron chi connectivity index (χ0n) is 8.05. The van der Waals surface area contributed by atoms with E-state index < -0.39 is 10.7 Å². The second-order valence-corrected chi connectivity index (χ2v) is 3.84. The molecule has 0 spiro atoms. The van der Waals surface area contributed by atoms with E-state index in [0.29, 0.717) is 26.1 Å². The van der Waals surface area contributed by atoms with Crippen LogP contribution in [0.1, 0.15) is 19.3 Å². The van der Waals surface area contributed by atoms with Gasteiger partial charge >= 0.3 is 5.97 Å². The fraction of sp³-hybridized carbons (Fsp3) is 0.778. The van der Waals surface area contributed by atoms with Crippen molar-refractivity contribution in [1.29, 1.82) is 0 Å². The lowest BCUT2D eigenvalue weighted by molar-refractivity contribution is -0.160. The van der Waals surface area contributed by atoms with Crippen LogP contribution in [-0.2, 0) is 19.1 Å². The van der Waals surface area contributed by atoms with Crippen LogP contribution in [0, 0.1) is 5.41 Å². The van der Waals surface area contributed by atoms with Gasteiger partial charge in [-0.15, -0.1) is 0 Å². The molecule has 1 aliphatic rings. The predicted molar refractivity (Wildman–Crippen MR) is 50.0 cm³/mol. The first-order valence-corrected chi connectivity index (χ1v) is 4.83. The number of hydrogen-bond donors (Lipinski definition) is 0. The lowest BCUT2D eigenvalue weighted by atomic mass is 9.78. The Morgan fingerprint density at radius 3 is 2.43 bits per heavy atom. The van der Waals surface area contributed by atoms with Crippen molar-refractivity contribution in [2.24, 2.45) is 5.41 Å². The Kier molecular flexibility index (Phi) is 3.89. The first-order chi connectivity index (χ1) is 6.60. The highest BCUT2D eigenvalue weighted by atomic mass is 35.5. The number of carbonyl (C=O) groups is 2. The standard InChI is InChI=1S/C9H13ClO4/c1-13-8(12)9(6-7(10)11)2-4-14-5-3-9/h2-6H2,1H3. The largest absolute Gasteiger partial charge is 0.469 e. The summed E-state index contributed by atoms with van der Waals surface area (Å²) in [5.74, 6) is -0.366. The number of rotatable bonds is 3. The Balaban J connectivity index is 2.76. The Hall–Kier alpha value is -0.610. The van der Waals surface area contributed by atoms with Crippen LogP contribution >= 0.6 is 11.6 Å². The minimum atomic E-state index is -0.758. The van der Waals surface area contributed by atoms with E-state index in [1.807, 2.05) is 0 Å². The first kappa shape index (κ1) is 11.5. The van der Waals surface area contributed by atoms with E-state index in [-0.39, 0.29) is 12.4 Å². The lowest BCUT2D eigenvalue weighted by Crippen LogP contribution is -2.39. The molecular weight excluding hydrogens is 208 g/mol. The van der Waals surface area contributed by atoms with Crippen molar-refractivity contribution in [2.45, 2.75) is 19.3 Å². The fourth-order valence-corrected chi connectivity index (χ4v) is 1.95. The molecule has 0 N–H and O–H groups in total. The third-order valence-corrected chi connectivity index (χ3v) is 2.68. The van der Waals surface area contributed by atoms with Crippen LogP contribution in [-0.4, -0.2) is 31.5 Å². The molecule has 0 aromatic rings. The number of carbonyl (C=O) groups excluding carboxylic acids is 2. The third kappa shape index (κ3) is 2.45. The zero-order valence-corrected chi connectivity index (χ0v) is 8.80. The average molecular weight is 221 g/mol. The van der Waals surface area contributed by atoms with E-state index >= 15 is 0 Å². The maximum absolute atomic E-state index is 11.5. The Morgan fingerprint density at radius 2 is 2.00 bits per heavy atom. The summed E-state index contributed by atoms with van der Waals surface area (Å²) in [7, 11) is 1.32. The number of methoxy groups -OCH3 is 1. The fourth-order valence-electron chi connectivity index (χ4n) is 1.70. The molecule has 1 rings (SSSR count). The van der Waals surface area contributed by atoms with Crippen LogP contribution in [0.5, 0.6) is 0 Å². The van der Waals surface area contributed by atoms with E-state index in [0.717, 1.165) is 0 Å². The smallest absolute Gasteiger partial charge is 0.312 e. The third-order valence-electron chi connectivity index (χ3n) is 2.55. The van der Waals surface area contributed by atoms with Crippen molar-refractivity contribution in [3.8, 4) is 0 Å². The van der Waals surface area contributed by atoms with Crippen molar-refractivity contribution in [3.63, 3.8) is 0 Å². The molecule has 0 amide bonds. The summed E-state index contributed by atoms with van der Waals surface area (Å²) < 4.78 is 9.83. The molecular formula is C9H13ClO4. The molecule has 80 valence electrons. The molecule has 1 aliphatic heterocycles. The molecule has 5 heteroatoms. The Bertz CT molecular complexity index is 233. The van der Waals surface area contributed by atoms with Crippen LogP contribution in [0.2, 0.25) is 0 Å². The van der Waals surface area contributed by atoms with Gasteiger partial charge in [-0.1, -0.05) is 0 Å². The summed E-state index contributed by atoms with van der Waals surface area (Å²) in [5.41, 5.74) is -0.758. The van der Waals surface area contributed by atoms with Gasteiger partial charge in [0, 0.05) is 19.6 Å². The van der Waals surface area contributed by atoms with Crippen LogP contribution in [0.4, 0.5) is 0 Å². The topological polar surface area (TPSA) is 52.6 Å². The second kappa shape index (κ2) is 4.75. The monoisotopic (exact) mass is 220 g/mol. The first-order valence-electron chi connectivity index (χ1n) is 4.45. The van der Waals surface area contributed by atoms with Crippen LogP contribution in [0.3, 0.4) is 0 Å². The normalized spacial score (nSPS) is 20.1. The predicted octanol–water partition coefficient (Wildman–Crippen LogP) is 1.11. The van der Waals surface area contributed by atoms with Crippen molar-refractivity contribution in [3.05, 3.63) is 0 Å². The van der Waals surface area contributed by atoms with E-state index in [9.17, 15) is 9.59 Å². The van der Waals surface area contributed by atoms with Gasteiger partial charge in [0.1, 0.15) is 0 Å². The molecule has 0 aliphatic carbocycles. The van der Waals surface area contributed by atoms with Gasteiger partial charge in [0.2, 0.25) is 5.24 Å². The molecule has 0 bridgehead atoms. The SMILES string of the molecule is COC(=O)C1(CC(=O)Cl)CCOCC1. The Labute approximate surface area is 87.5 Å². The molecule has 0 radical (unpaired) electrons. The minimum Gasteiger partial charge on any atom is -0.469 e. The number of hydrogen-bond acceptors (Lipinski definition) is 4. The van der Waals surface area contributed by atoms with E-state index in [1.165, 1.54) is 7.11 Å². The molecule has 0 aromatic heterocycles. The van der Waals surface area contributed by atoms with Gasteiger partial charge in [-0.2, -0.15) is 0 Å². The highest BCUT2D eigenvalue weighted by Crippen LogP contribution is 2.36. The molecule has 0 saturated carbocycles. The molecule has 4 nitrogen and oxygen atoms in total. The number of halogens is 1. The van der Waals surface area contributed by atoms with Gasteiger partial charge in [-0.25, -0.2) is 0 Å². The molecule has 14 heavy (non-hydrogen) atoms. The van der Waals surface area contributed by atoms with Gasteiger partial charge in [0.15, 0.2) is 0 Å². The van der Waals surface area contributed by atoms with Crippen LogP contribution < -0.4 is 0 Å².